The highest BCUT2D eigenvalue weighted by molar-refractivity contribution is 5.85. The molecule has 0 saturated heterocycles. The minimum atomic E-state index is -0.166. The lowest BCUT2D eigenvalue weighted by atomic mass is 10.1. The van der Waals surface area contributed by atoms with E-state index in [1.54, 1.807) is 0 Å². The molecule has 2 atom stereocenters. The van der Waals surface area contributed by atoms with Crippen molar-refractivity contribution in [3.8, 4) is 0 Å². The minimum Gasteiger partial charge on any atom is -0.358 e. The number of fused-ring (bicyclic) bond motifs is 1. The van der Waals surface area contributed by atoms with E-state index in [9.17, 15) is 4.79 Å². The van der Waals surface area contributed by atoms with Crippen molar-refractivity contribution in [3.05, 3.63) is 29.8 Å². The number of nitrogens with one attached hydrogen (secondary N) is 2. The van der Waals surface area contributed by atoms with Crippen LogP contribution in [0.5, 0.6) is 0 Å². The normalized spacial score (nSPS) is 20.2. The molecule has 0 saturated carbocycles. The quantitative estimate of drug-likeness (QED) is 0.885. The molecule has 2 unspecified atom stereocenters. The lowest BCUT2D eigenvalue weighted by Crippen LogP contribution is -2.50. The Bertz CT molecular complexity index is 473. The van der Waals surface area contributed by atoms with Gasteiger partial charge in [0.2, 0.25) is 5.91 Å². The molecule has 0 aliphatic carbocycles. The van der Waals surface area contributed by atoms with Crippen LogP contribution in [0, 0.1) is 0 Å². The lowest BCUT2D eigenvalue weighted by molar-refractivity contribution is -0.122. The van der Waals surface area contributed by atoms with E-state index in [4.69, 9.17) is 0 Å². The first-order chi connectivity index (χ1) is 9.49. The molecule has 2 rings (SSSR count). The highest BCUT2D eigenvalue weighted by atomic mass is 16.2. The van der Waals surface area contributed by atoms with E-state index in [1.165, 1.54) is 5.56 Å². The lowest BCUT2D eigenvalue weighted by Gasteiger charge is -2.32. The molecule has 110 valence electrons. The first kappa shape index (κ1) is 14.9. The molecule has 0 fully saturated rings. The highest BCUT2D eigenvalue weighted by Gasteiger charge is 2.27. The summed E-state index contributed by atoms with van der Waals surface area (Å²) in [6.45, 7) is 9.81. The van der Waals surface area contributed by atoms with Crippen LogP contribution >= 0.6 is 0 Å². The number of hydrogen-bond acceptors (Lipinski definition) is 3. The van der Waals surface area contributed by atoms with E-state index in [1.807, 2.05) is 32.9 Å². The Balaban J connectivity index is 2.26. The molecule has 1 aromatic rings. The van der Waals surface area contributed by atoms with Gasteiger partial charge in [0.25, 0.3) is 0 Å². The van der Waals surface area contributed by atoms with E-state index in [0.29, 0.717) is 6.04 Å². The number of carbonyl (C=O) groups excluding carboxylic acids is 1. The topological polar surface area (TPSA) is 44.4 Å². The monoisotopic (exact) mass is 275 g/mol. The third kappa shape index (κ3) is 3.31. The van der Waals surface area contributed by atoms with E-state index >= 15 is 0 Å². The summed E-state index contributed by atoms with van der Waals surface area (Å²) < 4.78 is 0. The van der Waals surface area contributed by atoms with Gasteiger partial charge >= 0.3 is 0 Å². The summed E-state index contributed by atoms with van der Waals surface area (Å²) >= 11 is 0. The third-order valence-electron chi connectivity index (χ3n) is 3.69. The maximum atomic E-state index is 12.3. The van der Waals surface area contributed by atoms with Gasteiger partial charge < -0.3 is 15.5 Å². The molecule has 0 aromatic heterocycles. The Labute approximate surface area is 121 Å². The Morgan fingerprint density at radius 1 is 1.35 bits per heavy atom. The molecule has 1 heterocycles. The second-order valence-electron chi connectivity index (χ2n) is 5.90. The van der Waals surface area contributed by atoms with Gasteiger partial charge in [0.05, 0.1) is 0 Å². The van der Waals surface area contributed by atoms with Crippen LogP contribution in [0.15, 0.2) is 24.3 Å². The summed E-state index contributed by atoms with van der Waals surface area (Å²) in [5, 5.41) is 6.50. The fourth-order valence-electron chi connectivity index (χ4n) is 2.60. The number of rotatable bonds is 3. The van der Waals surface area contributed by atoms with Crippen LogP contribution in [0.25, 0.3) is 0 Å². The molecule has 0 radical (unpaired) electrons. The second kappa shape index (κ2) is 6.27. The summed E-state index contributed by atoms with van der Waals surface area (Å²) in [5.74, 6) is 0.0869. The first-order valence-electron chi connectivity index (χ1n) is 7.37. The van der Waals surface area contributed by atoms with Crippen LogP contribution in [0.4, 0.5) is 5.69 Å². The fourth-order valence-corrected chi connectivity index (χ4v) is 2.60. The van der Waals surface area contributed by atoms with Gasteiger partial charge in [-0.3, -0.25) is 4.79 Å². The van der Waals surface area contributed by atoms with Crippen molar-refractivity contribution in [3.63, 3.8) is 0 Å². The maximum Gasteiger partial charge on any atom is 0.242 e. The number of anilines is 1. The zero-order chi connectivity index (χ0) is 14.7. The predicted molar refractivity (Wildman–Crippen MR) is 82.8 cm³/mol. The fraction of sp³-hybridized carbons (Fsp3) is 0.562. The van der Waals surface area contributed by atoms with Crippen LogP contribution in [-0.2, 0) is 11.3 Å². The molecule has 0 bridgehead atoms. The van der Waals surface area contributed by atoms with Gasteiger partial charge in [0.1, 0.15) is 6.04 Å². The van der Waals surface area contributed by atoms with Gasteiger partial charge in [0.15, 0.2) is 0 Å². The van der Waals surface area contributed by atoms with E-state index in [0.717, 1.165) is 18.8 Å². The SMILES string of the molecule is CC(C)NC(=O)C(C)N1CC(C)NCc2ccccc21. The second-order valence-corrected chi connectivity index (χ2v) is 5.90. The molecule has 1 aliphatic rings. The summed E-state index contributed by atoms with van der Waals surface area (Å²) in [7, 11) is 0. The molecule has 1 aliphatic heterocycles. The summed E-state index contributed by atoms with van der Waals surface area (Å²) in [5.41, 5.74) is 2.41. The Morgan fingerprint density at radius 2 is 2.05 bits per heavy atom. The van der Waals surface area contributed by atoms with Gasteiger partial charge in [-0.05, 0) is 39.3 Å². The van der Waals surface area contributed by atoms with Crippen molar-refractivity contribution in [1.29, 1.82) is 0 Å². The van der Waals surface area contributed by atoms with Crippen molar-refractivity contribution >= 4 is 11.6 Å². The average Bonchev–Trinajstić information content (AvgIpc) is 2.57. The van der Waals surface area contributed by atoms with Gasteiger partial charge in [-0.15, -0.1) is 0 Å². The highest BCUT2D eigenvalue weighted by Crippen LogP contribution is 2.25. The van der Waals surface area contributed by atoms with E-state index < -0.39 is 0 Å². The zero-order valence-electron chi connectivity index (χ0n) is 12.8. The van der Waals surface area contributed by atoms with Crippen LogP contribution in [0.3, 0.4) is 0 Å². The predicted octanol–water partition coefficient (Wildman–Crippen LogP) is 1.90. The largest absolute Gasteiger partial charge is 0.358 e. The minimum absolute atomic E-state index is 0.0869. The number of amides is 1. The van der Waals surface area contributed by atoms with Crippen LogP contribution in [-0.4, -0.2) is 30.6 Å². The van der Waals surface area contributed by atoms with Gasteiger partial charge in [0, 0.05) is 30.9 Å². The van der Waals surface area contributed by atoms with Gasteiger partial charge in [-0.25, -0.2) is 0 Å². The Morgan fingerprint density at radius 3 is 2.75 bits per heavy atom. The first-order valence-corrected chi connectivity index (χ1v) is 7.37. The number of nitrogens with zero attached hydrogens (tertiary/aromatic N) is 1. The summed E-state index contributed by atoms with van der Waals surface area (Å²) in [4.78, 5) is 14.5. The number of hydrogen-bond donors (Lipinski definition) is 2. The third-order valence-corrected chi connectivity index (χ3v) is 3.69. The maximum absolute atomic E-state index is 12.3. The molecule has 0 spiro atoms. The molecule has 1 aromatic carbocycles. The van der Waals surface area contributed by atoms with Crippen molar-refractivity contribution < 1.29 is 4.79 Å². The van der Waals surface area contributed by atoms with Crippen molar-refractivity contribution in [2.45, 2.75) is 52.4 Å². The molecule has 20 heavy (non-hydrogen) atoms. The molecule has 1 amide bonds. The van der Waals surface area contributed by atoms with Crippen molar-refractivity contribution in [2.24, 2.45) is 0 Å². The average molecular weight is 275 g/mol. The molecule has 2 N–H and O–H groups in total. The molecule has 4 heteroatoms. The van der Waals surface area contributed by atoms with Crippen LogP contribution < -0.4 is 15.5 Å². The zero-order valence-corrected chi connectivity index (χ0v) is 12.8. The summed E-state index contributed by atoms with van der Waals surface area (Å²) in [6, 6.07) is 8.68. The van der Waals surface area contributed by atoms with Gasteiger partial charge in [-0.2, -0.15) is 0 Å². The molecular formula is C16H25N3O. The number of para-hydroxylation sites is 1. The van der Waals surface area contributed by atoms with Crippen molar-refractivity contribution in [2.75, 3.05) is 11.4 Å². The van der Waals surface area contributed by atoms with E-state index in [2.05, 4.69) is 34.6 Å². The number of carbonyl (C=O) groups is 1. The van der Waals surface area contributed by atoms with Crippen molar-refractivity contribution in [1.82, 2.24) is 10.6 Å². The smallest absolute Gasteiger partial charge is 0.242 e. The number of benzene rings is 1. The van der Waals surface area contributed by atoms with E-state index in [-0.39, 0.29) is 18.0 Å². The standard InChI is InChI=1S/C16H25N3O/c1-11(2)18-16(20)13(4)19-10-12(3)17-9-14-7-5-6-8-15(14)19/h5-8,11-13,17H,9-10H2,1-4H3,(H,18,20). The van der Waals surface area contributed by atoms with Gasteiger partial charge in [-0.1, -0.05) is 18.2 Å². The Hall–Kier alpha value is -1.55. The molecular weight excluding hydrogens is 250 g/mol. The Kier molecular flexibility index (Phi) is 4.65. The molecule has 4 nitrogen and oxygen atoms in total. The van der Waals surface area contributed by atoms with Crippen LogP contribution in [0.2, 0.25) is 0 Å². The summed E-state index contributed by atoms with van der Waals surface area (Å²) in [6.07, 6.45) is 0. The van der Waals surface area contributed by atoms with Crippen LogP contribution in [0.1, 0.15) is 33.3 Å².